The van der Waals surface area contributed by atoms with E-state index in [1.807, 2.05) is 18.2 Å². The predicted molar refractivity (Wildman–Crippen MR) is 64.4 cm³/mol. The topological polar surface area (TPSA) is 21.3 Å². The maximum atomic E-state index is 5.89. The molecule has 2 nitrogen and oxygen atoms in total. The third kappa shape index (κ3) is 1.53. The summed E-state index contributed by atoms with van der Waals surface area (Å²) in [4.78, 5) is 0. The summed E-state index contributed by atoms with van der Waals surface area (Å²) in [6.07, 6.45) is 3.94. The van der Waals surface area contributed by atoms with Crippen LogP contribution in [0.5, 0.6) is 5.75 Å². The fourth-order valence-corrected chi connectivity index (χ4v) is 2.84. The van der Waals surface area contributed by atoms with E-state index in [1.165, 1.54) is 19.3 Å². The third-order valence-corrected chi connectivity index (χ3v) is 4.22. The first-order valence-corrected chi connectivity index (χ1v) is 6.24. The van der Waals surface area contributed by atoms with Gasteiger partial charge >= 0.3 is 0 Å². The molecule has 1 spiro atoms. The van der Waals surface area contributed by atoms with Gasteiger partial charge in [-0.1, -0.05) is 12.5 Å². The number of hydrogen-bond acceptors (Lipinski definition) is 2. The second kappa shape index (κ2) is 3.41. The smallest absolute Gasteiger partial charge is 0.143 e. The van der Waals surface area contributed by atoms with Crippen LogP contribution in [0.15, 0.2) is 22.7 Å². The molecule has 15 heavy (non-hydrogen) atoms. The van der Waals surface area contributed by atoms with Gasteiger partial charge in [0, 0.05) is 16.4 Å². The summed E-state index contributed by atoms with van der Waals surface area (Å²) in [6.45, 7) is 1.91. The van der Waals surface area contributed by atoms with Crippen molar-refractivity contribution in [1.82, 2.24) is 0 Å². The number of hydrogen-bond donors (Lipinski definition) is 1. The van der Waals surface area contributed by atoms with Crippen molar-refractivity contribution < 1.29 is 4.74 Å². The minimum absolute atomic E-state index is 0.401. The standard InChI is InChI=1S/C12H14BrNO/c13-9-3-1-4-10-11(9)14-7-12(8-15-10)5-2-6-12/h1,3-4,14H,2,5-8H2. The third-order valence-electron chi connectivity index (χ3n) is 3.56. The van der Waals surface area contributed by atoms with E-state index in [9.17, 15) is 0 Å². The lowest BCUT2D eigenvalue weighted by molar-refractivity contribution is 0.0766. The van der Waals surface area contributed by atoms with Gasteiger partial charge in [-0.05, 0) is 40.9 Å². The summed E-state index contributed by atoms with van der Waals surface area (Å²) < 4.78 is 6.99. The Labute approximate surface area is 98.1 Å². The summed E-state index contributed by atoms with van der Waals surface area (Å²) in [7, 11) is 0. The Kier molecular flexibility index (Phi) is 2.16. The average molecular weight is 268 g/mol. The van der Waals surface area contributed by atoms with E-state index in [2.05, 4.69) is 21.2 Å². The molecule has 1 heterocycles. The predicted octanol–water partition coefficient (Wildman–Crippen LogP) is 3.42. The molecule has 1 aromatic rings. The van der Waals surface area contributed by atoms with Gasteiger partial charge in [0.2, 0.25) is 0 Å². The molecule has 2 aliphatic rings. The van der Waals surface area contributed by atoms with E-state index in [-0.39, 0.29) is 0 Å². The average Bonchev–Trinajstić information content (AvgIpc) is 2.37. The molecule has 1 aliphatic carbocycles. The van der Waals surface area contributed by atoms with Crippen LogP contribution in [0, 0.1) is 5.41 Å². The second-order valence-electron chi connectivity index (χ2n) is 4.61. The Bertz CT molecular complexity index is 387. The molecule has 1 aliphatic heterocycles. The van der Waals surface area contributed by atoms with Gasteiger partial charge in [0.1, 0.15) is 5.75 Å². The van der Waals surface area contributed by atoms with Crippen molar-refractivity contribution in [3.05, 3.63) is 22.7 Å². The van der Waals surface area contributed by atoms with Crippen molar-refractivity contribution >= 4 is 21.6 Å². The quantitative estimate of drug-likeness (QED) is 0.778. The zero-order chi connectivity index (χ0) is 10.3. The maximum absolute atomic E-state index is 5.89. The summed E-state index contributed by atoms with van der Waals surface area (Å²) in [6, 6.07) is 6.10. The van der Waals surface area contributed by atoms with Gasteiger partial charge in [0.15, 0.2) is 0 Å². The first kappa shape index (κ1) is 9.52. The molecule has 0 atom stereocenters. The van der Waals surface area contributed by atoms with Gasteiger partial charge in [-0.2, -0.15) is 0 Å². The number of halogens is 1. The van der Waals surface area contributed by atoms with Crippen LogP contribution in [-0.2, 0) is 0 Å². The van der Waals surface area contributed by atoms with Gasteiger partial charge < -0.3 is 10.1 Å². The molecule has 1 N–H and O–H groups in total. The van der Waals surface area contributed by atoms with Gasteiger partial charge in [-0.3, -0.25) is 0 Å². The Morgan fingerprint density at radius 3 is 2.93 bits per heavy atom. The summed E-state index contributed by atoms with van der Waals surface area (Å²) in [5.74, 6) is 0.980. The zero-order valence-electron chi connectivity index (χ0n) is 8.55. The number of rotatable bonds is 0. The molecular weight excluding hydrogens is 254 g/mol. The molecule has 0 bridgehead atoms. The lowest BCUT2D eigenvalue weighted by atomic mass is 9.69. The SMILES string of the molecule is Brc1cccc2c1NCC1(CCC1)CO2. The van der Waals surface area contributed by atoms with Crippen LogP contribution in [0.4, 0.5) is 5.69 Å². The number of para-hydroxylation sites is 1. The van der Waals surface area contributed by atoms with Crippen LogP contribution >= 0.6 is 15.9 Å². The molecule has 1 saturated carbocycles. The summed E-state index contributed by atoms with van der Waals surface area (Å²) in [5, 5.41) is 3.51. The van der Waals surface area contributed by atoms with E-state index in [4.69, 9.17) is 4.74 Å². The first-order valence-electron chi connectivity index (χ1n) is 5.44. The van der Waals surface area contributed by atoms with Crippen LogP contribution in [0.3, 0.4) is 0 Å². The van der Waals surface area contributed by atoms with Gasteiger partial charge in [-0.25, -0.2) is 0 Å². The fraction of sp³-hybridized carbons (Fsp3) is 0.500. The van der Waals surface area contributed by atoms with Crippen molar-refractivity contribution in [1.29, 1.82) is 0 Å². The molecule has 0 aromatic heterocycles. The van der Waals surface area contributed by atoms with Crippen molar-refractivity contribution in [3.63, 3.8) is 0 Å². The Morgan fingerprint density at radius 1 is 1.33 bits per heavy atom. The molecule has 0 amide bonds. The largest absolute Gasteiger partial charge is 0.491 e. The fourth-order valence-electron chi connectivity index (χ4n) is 2.35. The highest BCUT2D eigenvalue weighted by atomic mass is 79.9. The van der Waals surface area contributed by atoms with E-state index in [1.54, 1.807) is 0 Å². The summed E-state index contributed by atoms with van der Waals surface area (Å²) in [5.41, 5.74) is 1.51. The van der Waals surface area contributed by atoms with Crippen molar-refractivity contribution in [2.24, 2.45) is 5.41 Å². The number of anilines is 1. The van der Waals surface area contributed by atoms with Crippen molar-refractivity contribution in [3.8, 4) is 5.75 Å². The number of benzene rings is 1. The lowest BCUT2D eigenvalue weighted by Crippen LogP contribution is -2.40. The van der Waals surface area contributed by atoms with E-state index in [0.717, 1.165) is 29.1 Å². The van der Waals surface area contributed by atoms with Crippen LogP contribution in [-0.4, -0.2) is 13.2 Å². The highest BCUT2D eigenvalue weighted by Crippen LogP contribution is 2.45. The number of fused-ring (bicyclic) bond motifs is 1. The van der Waals surface area contributed by atoms with Gasteiger partial charge in [0.25, 0.3) is 0 Å². The van der Waals surface area contributed by atoms with E-state index in [0.29, 0.717) is 5.41 Å². The Balaban J connectivity index is 1.91. The highest BCUT2D eigenvalue weighted by Gasteiger charge is 2.39. The molecule has 0 unspecified atom stereocenters. The van der Waals surface area contributed by atoms with Crippen LogP contribution < -0.4 is 10.1 Å². The highest BCUT2D eigenvalue weighted by molar-refractivity contribution is 9.10. The molecular formula is C12H14BrNO. The van der Waals surface area contributed by atoms with E-state index < -0.39 is 0 Å². The summed E-state index contributed by atoms with van der Waals surface area (Å²) >= 11 is 3.55. The zero-order valence-corrected chi connectivity index (χ0v) is 10.1. The molecule has 0 saturated heterocycles. The molecule has 1 fully saturated rings. The minimum atomic E-state index is 0.401. The van der Waals surface area contributed by atoms with Gasteiger partial charge in [-0.15, -0.1) is 0 Å². The Morgan fingerprint density at radius 2 is 2.20 bits per heavy atom. The Hall–Kier alpha value is -0.700. The molecule has 80 valence electrons. The lowest BCUT2D eigenvalue weighted by Gasteiger charge is -2.40. The van der Waals surface area contributed by atoms with Crippen LogP contribution in [0.2, 0.25) is 0 Å². The maximum Gasteiger partial charge on any atom is 0.143 e. The van der Waals surface area contributed by atoms with Crippen molar-refractivity contribution in [2.45, 2.75) is 19.3 Å². The second-order valence-corrected chi connectivity index (χ2v) is 5.46. The van der Waals surface area contributed by atoms with Crippen LogP contribution in [0.1, 0.15) is 19.3 Å². The molecule has 0 radical (unpaired) electrons. The number of nitrogens with one attached hydrogen (secondary N) is 1. The van der Waals surface area contributed by atoms with Crippen molar-refractivity contribution in [2.75, 3.05) is 18.5 Å². The normalized spacial score (nSPS) is 21.9. The first-order chi connectivity index (χ1) is 7.29. The number of ether oxygens (including phenoxy) is 1. The molecule has 3 heteroatoms. The van der Waals surface area contributed by atoms with Crippen LogP contribution in [0.25, 0.3) is 0 Å². The molecule has 1 aromatic carbocycles. The monoisotopic (exact) mass is 267 g/mol. The van der Waals surface area contributed by atoms with E-state index >= 15 is 0 Å². The van der Waals surface area contributed by atoms with Gasteiger partial charge in [0.05, 0.1) is 12.3 Å². The molecule has 3 rings (SSSR count). The minimum Gasteiger partial charge on any atom is -0.491 e.